The number of hydrogen-bond acceptors (Lipinski definition) is 9. The molecule has 0 aliphatic carbocycles. The van der Waals surface area contributed by atoms with Crippen LogP contribution in [-0.4, -0.2) is 81.2 Å². The number of allylic oxidation sites excluding steroid dienone is 10. The van der Waals surface area contributed by atoms with Gasteiger partial charge >= 0.3 is 11.9 Å². The molecule has 10 nitrogen and oxygen atoms in total. The van der Waals surface area contributed by atoms with Crippen LogP contribution >= 0.6 is 7.82 Å². The number of phosphoric acid groups is 1. The predicted octanol–water partition coefficient (Wildman–Crippen LogP) is 10.6. The third-order valence-corrected chi connectivity index (χ3v) is 9.80. The fourth-order valence-electron chi connectivity index (χ4n) is 5.41. The van der Waals surface area contributed by atoms with Crippen LogP contribution in [0.3, 0.4) is 0 Å². The SMILES string of the molecule is CC/C=C\C/C=C\C/C=C\C=C\C(O)C/C=C\C/C=C\CCC(=O)OC(COC(=O)CCCCCCCCCCCCCCC)COP(=O)([O-])OCC[N+](C)(C)C. The van der Waals surface area contributed by atoms with Gasteiger partial charge in [0.15, 0.2) is 6.10 Å². The van der Waals surface area contributed by atoms with Gasteiger partial charge in [0.2, 0.25) is 0 Å². The number of quaternary nitrogens is 1. The maximum Gasteiger partial charge on any atom is 0.306 e. The van der Waals surface area contributed by atoms with Crippen molar-refractivity contribution in [1.82, 2.24) is 0 Å². The third-order valence-electron chi connectivity index (χ3n) is 8.83. The lowest BCUT2D eigenvalue weighted by Gasteiger charge is -2.28. The highest BCUT2D eigenvalue weighted by molar-refractivity contribution is 7.45. The molecule has 0 saturated heterocycles. The summed E-state index contributed by atoms with van der Waals surface area (Å²) in [6, 6.07) is 0. The lowest BCUT2D eigenvalue weighted by molar-refractivity contribution is -0.870. The first-order chi connectivity index (χ1) is 27.4. The minimum Gasteiger partial charge on any atom is -0.756 e. The smallest absolute Gasteiger partial charge is 0.306 e. The number of aliphatic hydroxyl groups is 1. The van der Waals surface area contributed by atoms with Gasteiger partial charge in [0.05, 0.1) is 33.9 Å². The maximum atomic E-state index is 12.6. The minimum atomic E-state index is -4.66. The van der Waals surface area contributed by atoms with Crippen LogP contribution in [0, 0.1) is 0 Å². The molecule has 328 valence electrons. The highest BCUT2D eigenvalue weighted by Crippen LogP contribution is 2.38. The van der Waals surface area contributed by atoms with Crippen LogP contribution in [-0.2, 0) is 32.7 Å². The van der Waals surface area contributed by atoms with Crippen LogP contribution in [0.1, 0.15) is 149 Å². The Morgan fingerprint density at radius 2 is 1.23 bits per heavy atom. The molecule has 0 saturated carbocycles. The van der Waals surface area contributed by atoms with Gasteiger partial charge in [-0.2, -0.15) is 0 Å². The number of ether oxygens (including phenoxy) is 2. The molecule has 57 heavy (non-hydrogen) atoms. The van der Waals surface area contributed by atoms with Gasteiger partial charge in [0, 0.05) is 12.8 Å². The first-order valence-electron chi connectivity index (χ1n) is 21.8. The molecule has 0 heterocycles. The Balaban J connectivity index is 4.59. The summed E-state index contributed by atoms with van der Waals surface area (Å²) < 4.78 is 33.7. The zero-order chi connectivity index (χ0) is 42.3. The standard InChI is InChI=1S/C46H80NO9P/c1-6-8-10-12-14-16-18-19-20-22-24-29-33-37-45(49)53-41-44(42-55-57(51,52)54-40-39-47(3,4)5)56-46(50)38-34-30-26-25-28-32-36-43(48)35-31-27-23-21-17-15-13-11-9-7-2/h9,11,15,17,23,26-28,30-32,35,43-44,48H,6-8,10,12-14,16,18-22,24-25,29,33-34,36-42H2,1-5H3/b11-9-,17-15-,27-23-,30-26-,32-28-,35-31+. The monoisotopic (exact) mass is 822 g/mol. The van der Waals surface area contributed by atoms with E-state index in [-0.39, 0.29) is 26.1 Å². The molecule has 1 N–H and O–H groups in total. The van der Waals surface area contributed by atoms with Crippen molar-refractivity contribution < 1.29 is 47.2 Å². The van der Waals surface area contributed by atoms with E-state index >= 15 is 0 Å². The van der Waals surface area contributed by atoms with E-state index in [1.165, 1.54) is 57.8 Å². The molecule has 0 aliphatic rings. The molecule has 0 fully saturated rings. The van der Waals surface area contributed by atoms with E-state index in [0.717, 1.165) is 38.5 Å². The number of phosphoric ester groups is 1. The highest BCUT2D eigenvalue weighted by Gasteiger charge is 2.21. The Morgan fingerprint density at radius 3 is 1.84 bits per heavy atom. The minimum absolute atomic E-state index is 0.0569. The van der Waals surface area contributed by atoms with Crippen LogP contribution in [0.5, 0.6) is 0 Å². The summed E-state index contributed by atoms with van der Waals surface area (Å²) >= 11 is 0. The molecular formula is C46H80NO9P. The summed E-state index contributed by atoms with van der Waals surface area (Å²) in [5.41, 5.74) is 0. The second kappa shape index (κ2) is 37.7. The first kappa shape index (κ1) is 54.4. The van der Waals surface area contributed by atoms with Gasteiger partial charge < -0.3 is 33.0 Å². The van der Waals surface area contributed by atoms with Crippen molar-refractivity contribution >= 4 is 19.8 Å². The van der Waals surface area contributed by atoms with Crippen molar-refractivity contribution in [1.29, 1.82) is 0 Å². The third kappa shape index (κ3) is 41.4. The Kier molecular flexibility index (Phi) is 36.0. The van der Waals surface area contributed by atoms with Crippen LogP contribution in [0.4, 0.5) is 0 Å². The molecule has 0 radical (unpaired) electrons. The fourth-order valence-corrected chi connectivity index (χ4v) is 6.14. The van der Waals surface area contributed by atoms with Crippen molar-refractivity contribution in [2.24, 2.45) is 0 Å². The number of likely N-dealkylation sites (N-methyl/N-ethyl adjacent to an activating group) is 1. The summed E-state index contributed by atoms with van der Waals surface area (Å²) in [7, 11) is 1.07. The van der Waals surface area contributed by atoms with Crippen LogP contribution < -0.4 is 4.89 Å². The molecule has 11 heteroatoms. The topological polar surface area (TPSA) is 131 Å². The van der Waals surface area contributed by atoms with Crippen molar-refractivity contribution in [2.75, 3.05) is 47.5 Å². The van der Waals surface area contributed by atoms with E-state index in [9.17, 15) is 24.2 Å². The van der Waals surface area contributed by atoms with Gasteiger partial charge in [-0.25, -0.2) is 0 Å². The van der Waals surface area contributed by atoms with Crippen LogP contribution in [0.2, 0.25) is 0 Å². The van der Waals surface area contributed by atoms with Gasteiger partial charge in [-0.3, -0.25) is 14.2 Å². The largest absolute Gasteiger partial charge is 0.756 e. The lowest BCUT2D eigenvalue weighted by Crippen LogP contribution is -2.37. The fraction of sp³-hybridized carbons (Fsp3) is 0.696. The number of esters is 2. The van der Waals surface area contributed by atoms with Gasteiger partial charge in [0.25, 0.3) is 7.82 Å². The molecule has 3 unspecified atom stereocenters. The van der Waals surface area contributed by atoms with Gasteiger partial charge in [-0.15, -0.1) is 0 Å². The van der Waals surface area contributed by atoms with Gasteiger partial charge in [-0.1, -0.05) is 164 Å². The molecule has 0 spiro atoms. The number of carbonyl (C=O) groups excluding carboxylic acids is 2. The van der Waals surface area contributed by atoms with Crippen LogP contribution in [0.15, 0.2) is 72.9 Å². The van der Waals surface area contributed by atoms with Crippen molar-refractivity contribution in [3.63, 3.8) is 0 Å². The number of rotatable bonds is 38. The first-order valence-corrected chi connectivity index (χ1v) is 23.2. The summed E-state index contributed by atoms with van der Waals surface area (Å²) in [4.78, 5) is 37.5. The van der Waals surface area contributed by atoms with E-state index in [4.69, 9.17) is 18.5 Å². The molecule has 0 rings (SSSR count). The van der Waals surface area contributed by atoms with Crippen molar-refractivity contribution in [2.45, 2.75) is 161 Å². The van der Waals surface area contributed by atoms with E-state index in [2.05, 4.69) is 38.2 Å². The number of unbranched alkanes of at least 4 members (excludes halogenated alkanes) is 12. The Bertz CT molecular complexity index is 1220. The van der Waals surface area contributed by atoms with E-state index in [1.807, 2.05) is 63.7 Å². The zero-order valence-corrected chi connectivity index (χ0v) is 37.3. The molecule has 0 bridgehead atoms. The molecular weight excluding hydrogens is 741 g/mol. The van der Waals surface area contributed by atoms with Crippen LogP contribution in [0.25, 0.3) is 0 Å². The quantitative estimate of drug-likeness (QED) is 0.0161. The number of nitrogens with zero attached hydrogens (tertiary/aromatic N) is 1. The number of carbonyl (C=O) groups is 2. The molecule has 0 aromatic heterocycles. The normalized spacial score (nSPS) is 14.9. The summed E-state index contributed by atoms with van der Waals surface area (Å²) in [5, 5.41) is 10.1. The molecule has 0 aliphatic heterocycles. The molecule has 0 aromatic carbocycles. The van der Waals surface area contributed by atoms with E-state index in [0.29, 0.717) is 36.7 Å². The summed E-state index contributed by atoms with van der Waals surface area (Å²) in [6.07, 6.45) is 42.5. The number of aliphatic hydroxyl groups excluding tert-OH is 1. The second-order valence-corrected chi connectivity index (χ2v) is 16.9. The van der Waals surface area contributed by atoms with Gasteiger partial charge in [0.1, 0.15) is 19.8 Å². The van der Waals surface area contributed by atoms with E-state index in [1.54, 1.807) is 6.08 Å². The highest BCUT2D eigenvalue weighted by atomic mass is 31.2. The van der Waals surface area contributed by atoms with E-state index < -0.39 is 38.6 Å². The average Bonchev–Trinajstić information content (AvgIpc) is 3.15. The lowest BCUT2D eigenvalue weighted by atomic mass is 10.0. The maximum absolute atomic E-state index is 12.6. The average molecular weight is 822 g/mol. The molecule has 0 aromatic rings. The molecule has 0 amide bonds. The Hall–Kier alpha value is -2.59. The number of hydrogen-bond donors (Lipinski definition) is 1. The van der Waals surface area contributed by atoms with Gasteiger partial charge in [-0.05, 0) is 44.9 Å². The molecule has 3 atom stereocenters. The van der Waals surface area contributed by atoms with Crippen molar-refractivity contribution in [3.8, 4) is 0 Å². The summed E-state index contributed by atoms with van der Waals surface area (Å²) in [6.45, 7) is 3.92. The Labute approximate surface area is 347 Å². The second-order valence-electron chi connectivity index (χ2n) is 15.5. The predicted molar refractivity (Wildman–Crippen MR) is 232 cm³/mol. The van der Waals surface area contributed by atoms with Crippen molar-refractivity contribution in [3.05, 3.63) is 72.9 Å². The summed E-state index contributed by atoms with van der Waals surface area (Å²) in [5.74, 6) is -0.984. The Morgan fingerprint density at radius 1 is 0.667 bits per heavy atom. The zero-order valence-electron chi connectivity index (χ0n) is 36.4.